The Hall–Kier alpha value is -2.41. The van der Waals surface area contributed by atoms with Gasteiger partial charge in [-0.2, -0.15) is 0 Å². The summed E-state index contributed by atoms with van der Waals surface area (Å²) in [6.07, 6.45) is 1.10. The van der Waals surface area contributed by atoms with E-state index < -0.39 is 9.84 Å². The fourth-order valence-corrected chi connectivity index (χ4v) is 2.36. The summed E-state index contributed by atoms with van der Waals surface area (Å²) < 4.78 is 22.6. The van der Waals surface area contributed by atoms with Gasteiger partial charge < -0.3 is 10.3 Å². The number of benzene rings is 1. The van der Waals surface area contributed by atoms with Crippen LogP contribution in [0.5, 0.6) is 0 Å². The Morgan fingerprint density at radius 1 is 1.14 bits per heavy atom. The van der Waals surface area contributed by atoms with Gasteiger partial charge in [-0.3, -0.25) is 9.59 Å². The fourth-order valence-electron chi connectivity index (χ4n) is 1.73. The third-order valence-corrected chi connectivity index (χ3v) is 3.94. The highest BCUT2D eigenvalue weighted by atomic mass is 32.2. The maximum atomic E-state index is 11.9. The van der Waals surface area contributed by atoms with Crippen molar-refractivity contribution in [1.29, 1.82) is 0 Å². The largest absolute Gasteiger partial charge is 0.346 e. The van der Waals surface area contributed by atoms with Gasteiger partial charge in [-0.15, -0.1) is 0 Å². The molecule has 110 valence electrons. The zero-order valence-electron chi connectivity index (χ0n) is 11.3. The average Bonchev–Trinajstić information content (AvgIpc) is 2.44. The molecule has 0 fully saturated rings. The number of aromatic nitrogens is 1. The van der Waals surface area contributed by atoms with Crippen molar-refractivity contribution in [2.75, 3.05) is 6.26 Å². The third kappa shape index (κ3) is 4.03. The molecule has 0 saturated heterocycles. The molecule has 0 unspecified atom stereocenters. The molecule has 6 nitrogen and oxygen atoms in total. The van der Waals surface area contributed by atoms with Crippen LogP contribution in [-0.2, 0) is 16.4 Å². The van der Waals surface area contributed by atoms with Crippen molar-refractivity contribution >= 4 is 15.7 Å². The molecular weight excluding hydrogens is 292 g/mol. The number of carbonyl (C=O) groups is 1. The molecule has 0 aliphatic heterocycles. The van der Waals surface area contributed by atoms with Gasteiger partial charge in [0.25, 0.3) is 5.91 Å². The quantitative estimate of drug-likeness (QED) is 0.869. The maximum absolute atomic E-state index is 11.9. The molecule has 0 radical (unpaired) electrons. The number of nitrogens with one attached hydrogen (secondary N) is 2. The van der Waals surface area contributed by atoms with Crippen molar-refractivity contribution in [3.05, 3.63) is 64.1 Å². The minimum Gasteiger partial charge on any atom is -0.346 e. The summed E-state index contributed by atoms with van der Waals surface area (Å²) in [5, 5.41) is 2.64. The van der Waals surface area contributed by atoms with Gasteiger partial charge in [0.1, 0.15) is 0 Å². The van der Waals surface area contributed by atoms with Crippen LogP contribution in [-0.4, -0.2) is 25.6 Å². The zero-order chi connectivity index (χ0) is 15.5. The van der Waals surface area contributed by atoms with Crippen LogP contribution in [0.3, 0.4) is 0 Å². The Kier molecular flexibility index (Phi) is 4.23. The normalized spacial score (nSPS) is 11.1. The molecule has 0 atom stereocenters. The Labute approximate surface area is 121 Å². The van der Waals surface area contributed by atoms with Crippen LogP contribution in [0.25, 0.3) is 0 Å². The smallest absolute Gasteiger partial charge is 0.251 e. The first-order chi connectivity index (χ1) is 9.86. The lowest BCUT2D eigenvalue weighted by Gasteiger charge is -2.06. The average molecular weight is 306 g/mol. The Morgan fingerprint density at radius 2 is 1.81 bits per heavy atom. The predicted octanol–water partition coefficient (Wildman–Crippen LogP) is 0.708. The summed E-state index contributed by atoms with van der Waals surface area (Å²) in [5.41, 5.74) is 0.698. The number of carbonyl (C=O) groups excluding carboxylic acids is 1. The molecule has 1 aromatic carbocycles. The van der Waals surface area contributed by atoms with Crippen molar-refractivity contribution in [3.8, 4) is 0 Å². The highest BCUT2D eigenvalue weighted by molar-refractivity contribution is 7.90. The lowest BCUT2D eigenvalue weighted by atomic mass is 10.2. The molecule has 2 rings (SSSR count). The Morgan fingerprint density at radius 3 is 2.38 bits per heavy atom. The predicted molar refractivity (Wildman–Crippen MR) is 77.8 cm³/mol. The van der Waals surface area contributed by atoms with Gasteiger partial charge in [0.15, 0.2) is 9.84 Å². The number of amides is 1. The number of hydrogen-bond donors (Lipinski definition) is 2. The van der Waals surface area contributed by atoms with E-state index in [2.05, 4.69) is 10.3 Å². The fraction of sp³-hybridized carbons (Fsp3) is 0.143. The van der Waals surface area contributed by atoms with Crippen LogP contribution in [0.2, 0.25) is 0 Å². The molecule has 0 saturated carbocycles. The topological polar surface area (TPSA) is 96.1 Å². The van der Waals surface area contributed by atoms with E-state index in [-0.39, 0.29) is 22.9 Å². The van der Waals surface area contributed by atoms with Crippen molar-refractivity contribution in [1.82, 2.24) is 10.3 Å². The van der Waals surface area contributed by atoms with Crippen LogP contribution in [0.1, 0.15) is 16.1 Å². The first-order valence-corrected chi connectivity index (χ1v) is 8.02. The third-order valence-electron chi connectivity index (χ3n) is 2.81. The molecule has 0 spiro atoms. The van der Waals surface area contributed by atoms with E-state index >= 15 is 0 Å². The molecule has 1 amide bonds. The van der Waals surface area contributed by atoms with Gasteiger partial charge in [-0.1, -0.05) is 6.07 Å². The number of pyridine rings is 1. The van der Waals surface area contributed by atoms with Crippen LogP contribution in [0.15, 0.2) is 52.2 Å². The number of aromatic amines is 1. The van der Waals surface area contributed by atoms with E-state index in [0.29, 0.717) is 11.3 Å². The van der Waals surface area contributed by atoms with Crippen molar-refractivity contribution in [2.24, 2.45) is 0 Å². The summed E-state index contributed by atoms with van der Waals surface area (Å²) in [6.45, 7) is 0.183. The lowest BCUT2D eigenvalue weighted by molar-refractivity contribution is 0.0950. The molecular formula is C14H14N2O4S. The molecule has 7 heteroatoms. The van der Waals surface area contributed by atoms with Crippen LogP contribution in [0, 0.1) is 0 Å². The number of rotatable bonds is 4. The summed E-state index contributed by atoms with van der Waals surface area (Å²) in [5.74, 6) is -0.347. The second kappa shape index (κ2) is 5.92. The molecule has 1 aromatic heterocycles. The second-order valence-corrected chi connectivity index (χ2v) is 6.54. The van der Waals surface area contributed by atoms with Crippen molar-refractivity contribution in [2.45, 2.75) is 11.4 Å². The highest BCUT2D eigenvalue weighted by Gasteiger charge is 2.09. The molecule has 0 aliphatic carbocycles. The molecule has 21 heavy (non-hydrogen) atoms. The first-order valence-electron chi connectivity index (χ1n) is 6.13. The van der Waals surface area contributed by atoms with Crippen LogP contribution in [0.4, 0.5) is 0 Å². The van der Waals surface area contributed by atoms with E-state index in [4.69, 9.17) is 0 Å². The summed E-state index contributed by atoms with van der Waals surface area (Å²) in [7, 11) is -3.28. The van der Waals surface area contributed by atoms with Gasteiger partial charge >= 0.3 is 0 Å². The van der Waals surface area contributed by atoms with Crippen LogP contribution < -0.4 is 10.9 Å². The summed E-state index contributed by atoms with van der Waals surface area (Å²) in [4.78, 5) is 25.8. The summed E-state index contributed by atoms with van der Waals surface area (Å²) >= 11 is 0. The van der Waals surface area contributed by atoms with Crippen LogP contribution >= 0.6 is 0 Å². The van der Waals surface area contributed by atoms with Gasteiger partial charge in [0.2, 0.25) is 5.56 Å². The standard InChI is InChI=1S/C14H14N2O4S/c1-21(19,20)12-7-5-10(6-8-12)14(18)15-9-11-3-2-4-13(17)16-11/h2-8H,9H2,1H3,(H,15,18)(H,16,17). The SMILES string of the molecule is CS(=O)(=O)c1ccc(C(=O)NCc2cccc(=O)[nH]2)cc1. The minimum absolute atomic E-state index is 0.159. The van der Waals surface area contributed by atoms with Gasteiger partial charge in [0, 0.05) is 23.6 Å². The van der Waals surface area contributed by atoms with E-state index in [1.54, 1.807) is 12.1 Å². The second-order valence-electron chi connectivity index (χ2n) is 4.52. The molecule has 1 heterocycles. The zero-order valence-corrected chi connectivity index (χ0v) is 12.1. The van der Waals surface area contributed by atoms with E-state index in [1.807, 2.05) is 0 Å². The Bertz CT molecular complexity index is 807. The highest BCUT2D eigenvalue weighted by Crippen LogP contribution is 2.10. The Balaban J connectivity index is 2.05. The molecule has 0 bridgehead atoms. The van der Waals surface area contributed by atoms with E-state index in [0.717, 1.165) is 6.26 Å². The van der Waals surface area contributed by atoms with Crippen molar-refractivity contribution in [3.63, 3.8) is 0 Å². The van der Waals surface area contributed by atoms with Crippen molar-refractivity contribution < 1.29 is 13.2 Å². The lowest BCUT2D eigenvalue weighted by Crippen LogP contribution is -2.24. The summed E-state index contributed by atoms with van der Waals surface area (Å²) in [6, 6.07) is 10.3. The maximum Gasteiger partial charge on any atom is 0.251 e. The van der Waals surface area contributed by atoms with E-state index in [9.17, 15) is 18.0 Å². The van der Waals surface area contributed by atoms with Gasteiger partial charge in [0.05, 0.1) is 11.4 Å². The first kappa shape index (κ1) is 15.0. The number of hydrogen-bond acceptors (Lipinski definition) is 4. The van der Waals surface area contributed by atoms with E-state index in [1.165, 1.54) is 30.3 Å². The minimum atomic E-state index is -3.28. The van der Waals surface area contributed by atoms with Gasteiger partial charge in [-0.05, 0) is 30.3 Å². The molecule has 2 N–H and O–H groups in total. The molecule has 2 aromatic rings. The number of H-pyrrole nitrogens is 1. The number of sulfone groups is 1. The van der Waals surface area contributed by atoms with Gasteiger partial charge in [-0.25, -0.2) is 8.42 Å². The molecule has 0 aliphatic rings. The monoisotopic (exact) mass is 306 g/mol.